The zero-order chi connectivity index (χ0) is 12.8. The molecule has 4 heteroatoms. The minimum Gasteiger partial charge on any atom is -0.496 e. The van der Waals surface area contributed by atoms with Gasteiger partial charge in [0, 0.05) is 6.54 Å². The molecule has 0 heterocycles. The first-order chi connectivity index (χ1) is 8.08. The predicted molar refractivity (Wildman–Crippen MR) is 66.3 cm³/mol. The average molecular weight is 237 g/mol. The first-order valence-electron chi connectivity index (χ1n) is 5.60. The molecule has 1 rings (SSSR count). The summed E-state index contributed by atoms with van der Waals surface area (Å²) in [5.74, 6) is 0.516. The van der Waals surface area contributed by atoms with Crippen LogP contribution in [0.5, 0.6) is 5.75 Å². The van der Waals surface area contributed by atoms with Crippen LogP contribution in [0.2, 0.25) is 0 Å². The van der Waals surface area contributed by atoms with E-state index in [0.717, 1.165) is 16.9 Å². The lowest BCUT2D eigenvalue weighted by Gasteiger charge is -2.13. The molecule has 4 nitrogen and oxygen atoms in total. The highest BCUT2D eigenvalue weighted by Crippen LogP contribution is 2.25. The van der Waals surface area contributed by atoms with Gasteiger partial charge in [0.05, 0.1) is 7.11 Å². The molecule has 0 aliphatic carbocycles. The molecule has 2 N–H and O–H groups in total. The summed E-state index contributed by atoms with van der Waals surface area (Å²) in [6.45, 7) is 4.06. The van der Waals surface area contributed by atoms with Crippen molar-refractivity contribution in [1.29, 1.82) is 0 Å². The standard InChI is InChI=1S/C13H19NO3/c1-9-6-10(2)13(17-3)11(7-9)4-5-14-12(16)8-15/h6-7,15H,4-5,8H2,1-3H3,(H,14,16). The second kappa shape index (κ2) is 6.25. The van der Waals surface area contributed by atoms with Gasteiger partial charge in [-0.25, -0.2) is 0 Å². The summed E-state index contributed by atoms with van der Waals surface area (Å²) in [4.78, 5) is 10.9. The van der Waals surface area contributed by atoms with E-state index in [2.05, 4.69) is 17.4 Å². The molecule has 1 amide bonds. The Hall–Kier alpha value is -1.55. The molecule has 0 aliphatic rings. The van der Waals surface area contributed by atoms with E-state index < -0.39 is 6.61 Å². The molecule has 0 radical (unpaired) electrons. The summed E-state index contributed by atoms with van der Waals surface area (Å²) in [7, 11) is 1.65. The van der Waals surface area contributed by atoms with Crippen molar-refractivity contribution in [2.24, 2.45) is 0 Å². The molecular weight excluding hydrogens is 218 g/mol. The molecule has 0 atom stereocenters. The number of rotatable bonds is 5. The highest BCUT2D eigenvalue weighted by atomic mass is 16.5. The molecule has 1 aromatic carbocycles. The van der Waals surface area contributed by atoms with Crippen LogP contribution >= 0.6 is 0 Å². The number of aliphatic hydroxyl groups excluding tert-OH is 1. The Morgan fingerprint density at radius 1 is 1.41 bits per heavy atom. The zero-order valence-electron chi connectivity index (χ0n) is 10.5. The van der Waals surface area contributed by atoms with Gasteiger partial charge in [-0.3, -0.25) is 4.79 Å². The largest absolute Gasteiger partial charge is 0.496 e. The minimum atomic E-state index is -0.468. The highest BCUT2D eigenvalue weighted by Gasteiger charge is 2.07. The lowest BCUT2D eigenvalue weighted by molar-refractivity contribution is -0.123. The first kappa shape index (κ1) is 13.5. The van der Waals surface area contributed by atoms with Gasteiger partial charge in [-0.05, 0) is 31.4 Å². The SMILES string of the molecule is COc1c(C)cc(C)cc1CCNC(=O)CO. The van der Waals surface area contributed by atoms with Crippen LogP contribution in [0.1, 0.15) is 16.7 Å². The van der Waals surface area contributed by atoms with Crippen LogP contribution in [0.3, 0.4) is 0 Å². The Labute approximate surface area is 102 Å². The third kappa shape index (κ3) is 3.75. The van der Waals surface area contributed by atoms with Gasteiger partial charge in [-0.1, -0.05) is 17.7 Å². The number of benzene rings is 1. The van der Waals surface area contributed by atoms with Crippen molar-refractivity contribution >= 4 is 5.91 Å². The molecule has 0 spiro atoms. The summed E-state index contributed by atoms with van der Waals surface area (Å²) in [6.07, 6.45) is 0.692. The number of carbonyl (C=O) groups excluding carboxylic acids is 1. The maximum atomic E-state index is 10.9. The summed E-state index contributed by atoms with van der Waals surface area (Å²) in [6, 6.07) is 4.12. The van der Waals surface area contributed by atoms with Crippen molar-refractivity contribution in [3.63, 3.8) is 0 Å². The summed E-state index contributed by atoms with van der Waals surface area (Å²) in [5, 5.41) is 11.2. The average Bonchev–Trinajstić information content (AvgIpc) is 2.28. The Morgan fingerprint density at radius 2 is 2.12 bits per heavy atom. The van der Waals surface area contributed by atoms with Gasteiger partial charge in [-0.2, -0.15) is 0 Å². The predicted octanol–water partition coefficient (Wildman–Crippen LogP) is 0.963. The number of aliphatic hydroxyl groups is 1. The van der Waals surface area contributed by atoms with Crippen molar-refractivity contribution in [2.75, 3.05) is 20.3 Å². The lowest BCUT2D eigenvalue weighted by Crippen LogP contribution is -2.28. The zero-order valence-corrected chi connectivity index (χ0v) is 10.5. The van der Waals surface area contributed by atoms with E-state index in [4.69, 9.17) is 9.84 Å². The molecule has 0 saturated heterocycles. The van der Waals surface area contributed by atoms with Crippen molar-refractivity contribution in [3.8, 4) is 5.75 Å². The molecule has 0 unspecified atom stereocenters. The Morgan fingerprint density at radius 3 is 2.71 bits per heavy atom. The van der Waals surface area contributed by atoms with Gasteiger partial charge in [0.15, 0.2) is 0 Å². The van der Waals surface area contributed by atoms with Crippen LogP contribution in [0, 0.1) is 13.8 Å². The minimum absolute atomic E-state index is 0.353. The Bertz CT molecular complexity index is 402. The van der Waals surface area contributed by atoms with Crippen LogP contribution in [0.15, 0.2) is 12.1 Å². The topological polar surface area (TPSA) is 58.6 Å². The van der Waals surface area contributed by atoms with Gasteiger partial charge in [0.2, 0.25) is 5.91 Å². The number of hydrogen-bond donors (Lipinski definition) is 2. The van der Waals surface area contributed by atoms with E-state index in [1.807, 2.05) is 13.8 Å². The molecule has 0 fully saturated rings. The van der Waals surface area contributed by atoms with Crippen molar-refractivity contribution in [3.05, 3.63) is 28.8 Å². The third-order valence-electron chi connectivity index (χ3n) is 2.56. The Kier molecular flexibility index (Phi) is 4.97. The number of aryl methyl sites for hydroxylation is 2. The second-order valence-corrected chi connectivity index (χ2v) is 4.03. The van der Waals surface area contributed by atoms with Gasteiger partial charge in [0.1, 0.15) is 12.4 Å². The fourth-order valence-corrected chi connectivity index (χ4v) is 1.91. The van der Waals surface area contributed by atoms with Crippen LogP contribution in [-0.2, 0) is 11.2 Å². The van der Waals surface area contributed by atoms with Gasteiger partial charge in [-0.15, -0.1) is 0 Å². The number of ether oxygens (including phenoxy) is 1. The maximum absolute atomic E-state index is 10.9. The molecule has 0 aromatic heterocycles. The number of hydrogen-bond acceptors (Lipinski definition) is 3. The fraction of sp³-hybridized carbons (Fsp3) is 0.462. The Balaban J connectivity index is 2.72. The third-order valence-corrected chi connectivity index (χ3v) is 2.56. The summed E-state index contributed by atoms with van der Waals surface area (Å²) in [5.41, 5.74) is 3.34. The molecule has 17 heavy (non-hydrogen) atoms. The normalized spacial score (nSPS) is 10.1. The van der Waals surface area contributed by atoms with Gasteiger partial charge in [0.25, 0.3) is 0 Å². The van der Waals surface area contributed by atoms with Crippen LogP contribution in [-0.4, -0.2) is 31.3 Å². The van der Waals surface area contributed by atoms with E-state index in [9.17, 15) is 4.79 Å². The van der Waals surface area contributed by atoms with Gasteiger partial charge < -0.3 is 15.2 Å². The van der Waals surface area contributed by atoms with E-state index >= 15 is 0 Å². The van der Waals surface area contributed by atoms with E-state index in [1.54, 1.807) is 7.11 Å². The monoisotopic (exact) mass is 237 g/mol. The molecule has 0 saturated carbocycles. The maximum Gasteiger partial charge on any atom is 0.245 e. The van der Waals surface area contributed by atoms with Gasteiger partial charge >= 0.3 is 0 Å². The quantitative estimate of drug-likeness (QED) is 0.802. The lowest BCUT2D eigenvalue weighted by atomic mass is 10.0. The highest BCUT2D eigenvalue weighted by molar-refractivity contribution is 5.76. The second-order valence-electron chi connectivity index (χ2n) is 4.03. The number of nitrogens with one attached hydrogen (secondary N) is 1. The van der Waals surface area contributed by atoms with Crippen LogP contribution in [0.4, 0.5) is 0 Å². The molecular formula is C13H19NO3. The van der Waals surface area contributed by atoms with Crippen molar-refractivity contribution < 1.29 is 14.6 Å². The number of carbonyl (C=O) groups is 1. The molecule has 1 aromatic rings. The van der Waals surface area contributed by atoms with E-state index in [-0.39, 0.29) is 5.91 Å². The number of amides is 1. The van der Waals surface area contributed by atoms with Crippen molar-refractivity contribution in [1.82, 2.24) is 5.32 Å². The molecule has 0 bridgehead atoms. The van der Waals surface area contributed by atoms with Crippen molar-refractivity contribution in [2.45, 2.75) is 20.3 Å². The van der Waals surface area contributed by atoms with Crippen LogP contribution in [0.25, 0.3) is 0 Å². The fourth-order valence-electron chi connectivity index (χ4n) is 1.91. The molecule has 0 aliphatic heterocycles. The number of methoxy groups -OCH3 is 1. The van der Waals surface area contributed by atoms with E-state index in [1.165, 1.54) is 5.56 Å². The molecule has 94 valence electrons. The first-order valence-corrected chi connectivity index (χ1v) is 5.60. The smallest absolute Gasteiger partial charge is 0.245 e. The summed E-state index contributed by atoms with van der Waals surface area (Å²) >= 11 is 0. The van der Waals surface area contributed by atoms with Crippen LogP contribution < -0.4 is 10.1 Å². The van der Waals surface area contributed by atoms with E-state index in [0.29, 0.717) is 13.0 Å². The summed E-state index contributed by atoms with van der Waals surface area (Å²) < 4.78 is 5.35.